The number of fused-ring (bicyclic) bond motifs is 1. The molecular formula is C13H11Cl2N5O. The number of hydrogen-bond acceptors (Lipinski definition) is 4. The standard InChI is InChI=1S/C13H11Cl2N5O/c1-6-9(12(16)21)11(20-13(19-6)17-5-18-20)7-3-2-4-8(14)10(7)15/h2-5,11H,1H3,(H2,16,21)(H,17,18,19)/t11-/m0/s1. The van der Waals surface area contributed by atoms with E-state index >= 15 is 0 Å². The fraction of sp³-hybridized carbons (Fsp3) is 0.154. The second-order valence-electron chi connectivity index (χ2n) is 4.60. The van der Waals surface area contributed by atoms with Crippen molar-refractivity contribution in [3.63, 3.8) is 0 Å². The van der Waals surface area contributed by atoms with Crippen molar-refractivity contribution in [1.82, 2.24) is 14.8 Å². The molecule has 0 radical (unpaired) electrons. The Morgan fingerprint density at radius 3 is 2.90 bits per heavy atom. The van der Waals surface area contributed by atoms with Gasteiger partial charge in [-0.15, -0.1) is 0 Å². The fourth-order valence-corrected chi connectivity index (χ4v) is 2.84. The van der Waals surface area contributed by atoms with Crippen LogP contribution < -0.4 is 11.1 Å². The van der Waals surface area contributed by atoms with Crippen molar-refractivity contribution in [2.24, 2.45) is 5.73 Å². The third-order valence-corrected chi connectivity index (χ3v) is 4.17. The van der Waals surface area contributed by atoms with E-state index < -0.39 is 11.9 Å². The topological polar surface area (TPSA) is 85.8 Å². The smallest absolute Gasteiger partial charge is 0.248 e. The summed E-state index contributed by atoms with van der Waals surface area (Å²) in [6.45, 7) is 1.75. The molecule has 3 rings (SSSR count). The van der Waals surface area contributed by atoms with Crippen LogP contribution in [0.3, 0.4) is 0 Å². The lowest BCUT2D eigenvalue weighted by Gasteiger charge is -2.28. The largest absolute Gasteiger partial charge is 0.366 e. The first-order valence-electron chi connectivity index (χ1n) is 6.11. The zero-order chi connectivity index (χ0) is 15.1. The summed E-state index contributed by atoms with van der Waals surface area (Å²) in [7, 11) is 0. The van der Waals surface area contributed by atoms with Crippen molar-refractivity contribution in [2.75, 3.05) is 5.32 Å². The summed E-state index contributed by atoms with van der Waals surface area (Å²) in [5.41, 5.74) is 7.16. The molecule has 0 aliphatic carbocycles. The summed E-state index contributed by atoms with van der Waals surface area (Å²) in [6.07, 6.45) is 1.39. The van der Waals surface area contributed by atoms with Gasteiger partial charge < -0.3 is 11.1 Å². The quantitative estimate of drug-likeness (QED) is 0.888. The molecule has 1 aliphatic heterocycles. The zero-order valence-corrected chi connectivity index (χ0v) is 12.5. The molecule has 6 nitrogen and oxygen atoms in total. The Bertz CT molecular complexity index is 768. The van der Waals surface area contributed by atoms with Gasteiger partial charge >= 0.3 is 0 Å². The van der Waals surface area contributed by atoms with Crippen LogP contribution >= 0.6 is 23.2 Å². The SMILES string of the molecule is CC1=C(C(N)=O)[C@H](c2cccc(Cl)c2Cl)n2ncnc2N1. The molecule has 2 heterocycles. The number of nitrogens with one attached hydrogen (secondary N) is 1. The number of halogens is 2. The van der Waals surface area contributed by atoms with Crippen molar-refractivity contribution in [3.05, 3.63) is 51.4 Å². The lowest BCUT2D eigenvalue weighted by Crippen LogP contribution is -2.32. The predicted molar refractivity (Wildman–Crippen MR) is 80.1 cm³/mol. The molecule has 0 bridgehead atoms. The molecular weight excluding hydrogens is 313 g/mol. The average molecular weight is 324 g/mol. The van der Waals surface area contributed by atoms with Crippen LogP contribution in [0.4, 0.5) is 5.95 Å². The number of anilines is 1. The maximum Gasteiger partial charge on any atom is 0.248 e. The van der Waals surface area contributed by atoms with E-state index in [1.807, 2.05) is 0 Å². The molecule has 8 heteroatoms. The number of rotatable bonds is 2. The molecule has 0 fully saturated rings. The Morgan fingerprint density at radius 2 is 2.19 bits per heavy atom. The summed E-state index contributed by atoms with van der Waals surface area (Å²) in [4.78, 5) is 16.0. The minimum atomic E-state index is -0.563. The van der Waals surface area contributed by atoms with E-state index in [-0.39, 0.29) is 0 Å². The van der Waals surface area contributed by atoms with Crippen LogP contribution in [0.1, 0.15) is 18.5 Å². The summed E-state index contributed by atoms with van der Waals surface area (Å²) in [6, 6.07) is 4.66. The molecule has 1 aliphatic rings. The van der Waals surface area contributed by atoms with Gasteiger partial charge in [-0.3, -0.25) is 4.79 Å². The number of amides is 1. The van der Waals surface area contributed by atoms with Gasteiger partial charge in [-0.2, -0.15) is 10.1 Å². The van der Waals surface area contributed by atoms with Gasteiger partial charge in [-0.25, -0.2) is 4.68 Å². The lowest BCUT2D eigenvalue weighted by atomic mass is 9.95. The molecule has 0 saturated heterocycles. The van der Waals surface area contributed by atoms with Gasteiger partial charge in [-0.1, -0.05) is 35.3 Å². The van der Waals surface area contributed by atoms with Crippen LogP contribution in [0.5, 0.6) is 0 Å². The normalized spacial score (nSPS) is 17.4. The molecule has 1 amide bonds. The Morgan fingerprint density at radius 1 is 1.43 bits per heavy atom. The first-order valence-corrected chi connectivity index (χ1v) is 6.87. The van der Waals surface area contributed by atoms with Crippen molar-refractivity contribution >= 4 is 35.1 Å². The summed E-state index contributed by atoms with van der Waals surface area (Å²) in [5, 5.41) is 7.91. The first-order chi connectivity index (χ1) is 10.0. The van der Waals surface area contributed by atoms with Crippen LogP contribution in [0, 0.1) is 0 Å². The number of aromatic nitrogens is 3. The summed E-state index contributed by atoms with van der Waals surface area (Å²) < 4.78 is 1.56. The maximum atomic E-state index is 11.9. The minimum absolute atomic E-state index is 0.360. The third kappa shape index (κ3) is 2.16. The maximum absolute atomic E-state index is 11.9. The van der Waals surface area contributed by atoms with Crippen molar-refractivity contribution in [3.8, 4) is 0 Å². The Balaban J connectivity index is 2.27. The van der Waals surface area contributed by atoms with E-state index in [1.165, 1.54) is 6.33 Å². The first kappa shape index (κ1) is 13.9. The molecule has 108 valence electrons. The number of nitrogens with two attached hydrogens (primary N) is 1. The van der Waals surface area contributed by atoms with Gasteiger partial charge in [0, 0.05) is 11.3 Å². The Hall–Kier alpha value is -2.05. The number of nitrogens with zero attached hydrogens (tertiary/aromatic N) is 3. The molecule has 2 aromatic rings. The molecule has 0 unspecified atom stereocenters. The summed E-state index contributed by atoms with van der Waals surface area (Å²) >= 11 is 12.4. The highest BCUT2D eigenvalue weighted by Gasteiger charge is 2.33. The lowest BCUT2D eigenvalue weighted by molar-refractivity contribution is -0.115. The zero-order valence-electron chi connectivity index (χ0n) is 11.0. The molecule has 1 atom stereocenters. The van der Waals surface area contributed by atoms with E-state index in [2.05, 4.69) is 15.4 Å². The van der Waals surface area contributed by atoms with Gasteiger partial charge in [0.1, 0.15) is 12.4 Å². The van der Waals surface area contributed by atoms with Crippen molar-refractivity contribution in [2.45, 2.75) is 13.0 Å². The molecule has 21 heavy (non-hydrogen) atoms. The number of allylic oxidation sites excluding steroid dienone is 1. The highest BCUT2D eigenvalue weighted by molar-refractivity contribution is 6.42. The second-order valence-corrected chi connectivity index (χ2v) is 5.39. The van der Waals surface area contributed by atoms with E-state index in [0.29, 0.717) is 32.8 Å². The second kappa shape index (κ2) is 5.05. The van der Waals surface area contributed by atoms with E-state index in [0.717, 1.165) is 0 Å². The van der Waals surface area contributed by atoms with Crippen LogP contribution in [0.2, 0.25) is 10.0 Å². The molecule has 3 N–H and O–H groups in total. The molecule has 0 saturated carbocycles. The highest BCUT2D eigenvalue weighted by Crippen LogP contribution is 2.39. The molecule has 1 aromatic carbocycles. The van der Waals surface area contributed by atoms with Gasteiger partial charge in [0.05, 0.1) is 15.6 Å². The average Bonchev–Trinajstić information content (AvgIpc) is 2.88. The Labute approximate surface area is 130 Å². The number of benzene rings is 1. The highest BCUT2D eigenvalue weighted by atomic mass is 35.5. The van der Waals surface area contributed by atoms with Crippen LogP contribution in [-0.4, -0.2) is 20.7 Å². The van der Waals surface area contributed by atoms with Gasteiger partial charge in [0.25, 0.3) is 0 Å². The van der Waals surface area contributed by atoms with Crippen molar-refractivity contribution in [1.29, 1.82) is 0 Å². The molecule has 1 aromatic heterocycles. The van der Waals surface area contributed by atoms with Crippen LogP contribution in [0.15, 0.2) is 35.8 Å². The third-order valence-electron chi connectivity index (χ3n) is 3.34. The number of primary amides is 1. The van der Waals surface area contributed by atoms with Crippen molar-refractivity contribution < 1.29 is 4.79 Å². The minimum Gasteiger partial charge on any atom is -0.366 e. The number of carbonyl (C=O) groups excluding carboxylic acids is 1. The number of hydrogen-bond donors (Lipinski definition) is 2. The van der Waals surface area contributed by atoms with E-state index in [1.54, 1.807) is 29.8 Å². The fourth-order valence-electron chi connectivity index (χ4n) is 2.43. The monoisotopic (exact) mass is 323 g/mol. The van der Waals surface area contributed by atoms with Gasteiger partial charge in [0.2, 0.25) is 11.9 Å². The Kier molecular flexibility index (Phi) is 3.35. The molecule has 0 spiro atoms. The van der Waals surface area contributed by atoms with Gasteiger partial charge in [0.15, 0.2) is 0 Å². The van der Waals surface area contributed by atoms with E-state index in [9.17, 15) is 4.79 Å². The van der Waals surface area contributed by atoms with Crippen LogP contribution in [0.25, 0.3) is 0 Å². The van der Waals surface area contributed by atoms with Crippen LogP contribution in [-0.2, 0) is 4.79 Å². The van der Waals surface area contributed by atoms with Gasteiger partial charge in [-0.05, 0) is 13.0 Å². The summed E-state index contributed by atoms with van der Waals surface area (Å²) in [5.74, 6) is -0.0410. The number of carbonyl (C=O) groups is 1. The van der Waals surface area contributed by atoms with E-state index in [4.69, 9.17) is 28.9 Å². The predicted octanol–water partition coefficient (Wildman–Crippen LogP) is 2.36.